The Balaban J connectivity index is 1.60. The molecule has 146 valence electrons. The van der Waals surface area contributed by atoms with Crippen LogP contribution in [0, 0.1) is 0 Å². The van der Waals surface area contributed by atoms with Crippen molar-refractivity contribution in [1.29, 1.82) is 0 Å². The van der Waals surface area contributed by atoms with Crippen molar-refractivity contribution in [2.75, 3.05) is 27.3 Å². The largest absolute Gasteiger partial charge is 0.490 e. The third-order valence-electron chi connectivity index (χ3n) is 4.43. The summed E-state index contributed by atoms with van der Waals surface area (Å²) in [6, 6.07) is 12.8. The molecular formula is C22H24N2O4. The summed E-state index contributed by atoms with van der Waals surface area (Å²) in [5, 5.41) is 2.59. The predicted molar refractivity (Wildman–Crippen MR) is 107 cm³/mol. The predicted octanol–water partition coefficient (Wildman–Crippen LogP) is 2.88. The van der Waals surface area contributed by atoms with E-state index < -0.39 is 0 Å². The summed E-state index contributed by atoms with van der Waals surface area (Å²) < 4.78 is 11.3. The number of nitrogens with zero attached hydrogens (tertiary/aromatic N) is 1. The molecule has 3 rings (SSSR count). The molecule has 0 spiro atoms. The first-order chi connectivity index (χ1) is 13.6. The Kier molecular flexibility index (Phi) is 6.32. The molecule has 2 amide bonds. The van der Waals surface area contributed by atoms with E-state index in [0.717, 1.165) is 23.3 Å². The first kappa shape index (κ1) is 19.5. The SMILES string of the molecule is CNC(=O)c1ccc(CN(C)C(=O)/C=C/c2ccc3c(c2)OCCCO3)cc1. The van der Waals surface area contributed by atoms with Gasteiger partial charge < -0.3 is 19.7 Å². The molecule has 0 saturated heterocycles. The minimum Gasteiger partial charge on any atom is -0.490 e. The maximum absolute atomic E-state index is 12.4. The van der Waals surface area contributed by atoms with Gasteiger partial charge in [-0.15, -0.1) is 0 Å². The van der Waals surface area contributed by atoms with E-state index >= 15 is 0 Å². The Morgan fingerprint density at radius 1 is 1.07 bits per heavy atom. The van der Waals surface area contributed by atoms with Gasteiger partial charge in [-0.05, 0) is 41.5 Å². The van der Waals surface area contributed by atoms with Crippen molar-refractivity contribution in [3.63, 3.8) is 0 Å². The van der Waals surface area contributed by atoms with Crippen LogP contribution in [0.4, 0.5) is 0 Å². The lowest BCUT2D eigenvalue weighted by Crippen LogP contribution is -2.24. The zero-order chi connectivity index (χ0) is 19.9. The summed E-state index contributed by atoms with van der Waals surface area (Å²) >= 11 is 0. The van der Waals surface area contributed by atoms with Crippen molar-refractivity contribution in [1.82, 2.24) is 10.2 Å². The normalized spacial score (nSPS) is 13.1. The molecule has 0 fully saturated rings. The lowest BCUT2D eigenvalue weighted by Gasteiger charge is -2.15. The van der Waals surface area contributed by atoms with Gasteiger partial charge in [0.1, 0.15) is 0 Å². The van der Waals surface area contributed by atoms with Crippen LogP contribution < -0.4 is 14.8 Å². The standard InChI is InChI=1S/C22H24N2O4/c1-23-22(26)18-8-4-17(5-9-18)15-24(2)21(25)11-7-16-6-10-19-20(14-16)28-13-3-12-27-19/h4-11,14H,3,12-13,15H2,1-2H3,(H,23,26)/b11-7+. The van der Waals surface area contributed by atoms with Gasteiger partial charge in [-0.25, -0.2) is 0 Å². The van der Waals surface area contributed by atoms with Gasteiger partial charge in [-0.1, -0.05) is 18.2 Å². The van der Waals surface area contributed by atoms with Crippen molar-refractivity contribution >= 4 is 17.9 Å². The van der Waals surface area contributed by atoms with E-state index in [4.69, 9.17) is 9.47 Å². The number of likely N-dealkylation sites (N-methyl/N-ethyl adjacent to an activating group) is 1. The van der Waals surface area contributed by atoms with Crippen LogP contribution in [0.5, 0.6) is 11.5 Å². The fourth-order valence-corrected chi connectivity index (χ4v) is 2.84. The molecule has 0 bridgehead atoms. The Morgan fingerprint density at radius 2 is 1.79 bits per heavy atom. The topological polar surface area (TPSA) is 67.9 Å². The van der Waals surface area contributed by atoms with Crippen molar-refractivity contribution in [2.24, 2.45) is 0 Å². The zero-order valence-electron chi connectivity index (χ0n) is 16.1. The highest BCUT2D eigenvalue weighted by Gasteiger charge is 2.11. The number of carbonyl (C=O) groups is 2. The van der Waals surface area contributed by atoms with Crippen LogP contribution in [0.25, 0.3) is 6.08 Å². The second kappa shape index (κ2) is 9.08. The highest BCUT2D eigenvalue weighted by Crippen LogP contribution is 2.30. The molecular weight excluding hydrogens is 356 g/mol. The first-order valence-corrected chi connectivity index (χ1v) is 9.20. The van der Waals surface area contributed by atoms with E-state index in [-0.39, 0.29) is 11.8 Å². The fraction of sp³-hybridized carbons (Fsp3) is 0.273. The minimum atomic E-state index is -0.131. The molecule has 28 heavy (non-hydrogen) atoms. The number of fused-ring (bicyclic) bond motifs is 1. The van der Waals surface area contributed by atoms with Crippen LogP contribution in [0.3, 0.4) is 0 Å². The molecule has 6 heteroatoms. The van der Waals surface area contributed by atoms with Crippen LogP contribution >= 0.6 is 0 Å². The lowest BCUT2D eigenvalue weighted by molar-refractivity contribution is -0.125. The second-order valence-corrected chi connectivity index (χ2v) is 6.56. The molecule has 1 aliphatic heterocycles. The molecule has 0 unspecified atom stereocenters. The summed E-state index contributed by atoms with van der Waals surface area (Å²) in [5.41, 5.74) is 2.42. The van der Waals surface area contributed by atoms with Crippen LogP contribution in [0.2, 0.25) is 0 Å². The summed E-state index contributed by atoms with van der Waals surface area (Å²) in [6.07, 6.45) is 4.16. The van der Waals surface area contributed by atoms with Crippen LogP contribution in [0.15, 0.2) is 48.5 Å². The number of hydrogen-bond acceptors (Lipinski definition) is 4. The summed E-state index contributed by atoms with van der Waals surface area (Å²) in [5.74, 6) is 1.20. The van der Waals surface area contributed by atoms with Crippen molar-refractivity contribution in [3.05, 3.63) is 65.2 Å². The van der Waals surface area contributed by atoms with E-state index in [1.165, 1.54) is 6.08 Å². The number of benzene rings is 2. The highest BCUT2D eigenvalue weighted by molar-refractivity contribution is 5.94. The molecule has 2 aromatic carbocycles. The fourth-order valence-electron chi connectivity index (χ4n) is 2.84. The van der Waals surface area contributed by atoms with Gasteiger partial charge in [0, 0.05) is 38.7 Å². The van der Waals surface area contributed by atoms with Gasteiger partial charge in [0.2, 0.25) is 5.91 Å². The number of ether oxygens (including phenoxy) is 2. The number of nitrogens with one attached hydrogen (secondary N) is 1. The van der Waals surface area contributed by atoms with E-state index in [1.807, 2.05) is 30.3 Å². The van der Waals surface area contributed by atoms with Gasteiger partial charge in [0.15, 0.2) is 11.5 Å². The number of amides is 2. The summed E-state index contributed by atoms with van der Waals surface area (Å²) in [7, 11) is 3.34. The van der Waals surface area contributed by atoms with E-state index in [1.54, 1.807) is 37.2 Å². The van der Waals surface area contributed by atoms with Gasteiger partial charge in [0.25, 0.3) is 5.91 Å². The Hall–Kier alpha value is -3.28. The average Bonchev–Trinajstić information content (AvgIpc) is 2.96. The average molecular weight is 380 g/mol. The number of rotatable bonds is 5. The minimum absolute atomic E-state index is 0.109. The molecule has 1 N–H and O–H groups in total. The highest BCUT2D eigenvalue weighted by atomic mass is 16.5. The van der Waals surface area contributed by atoms with Crippen molar-refractivity contribution in [2.45, 2.75) is 13.0 Å². The molecule has 0 saturated carbocycles. The van der Waals surface area contributed by atoms with Gasteiger partial charge in [-0.3, -0.25) is 9.59 Å². The second-order valence-electron chi connectivity index (χ2n) is 6.56. The summed E-state index contributed by atoms with van der Waals surface area (Å²) in [6.45, 7) is 1.73. The maximum atomic E-state index is 12.4. The van der Waals surface area contributed by atoms with Gasteiger partial charge >= 0.3 is 0 Å². The number of hydrogen-bond donors (Lipinski definition) is 1. The molecule has 0 atom stereocenters. The molecule has 6 nitrogen and oxygen atoms in total. The monoisotopic (exact) mass is 380 g/mol. The molecule has 0 radical (unpaired) electrons. The van der Waals surface area contributed by atoms with E-state index in [9.17, 15) is 9.59 Å². The molecule has 2 aromatic rings. The summed E-state index contributed by atoms with van der Waals surface area (Å²) in [4.78, 5) is 25.6. The van der Waals surface area contributed by atoms with Crippen LogP contribution in [0.1, 0.15) is 27.9 Å². The van der Waals surface area contributed by atoms with E-state index in [2.05, 4.69) is 5.32 Å². The molecule has 1 heterocycles. The Morgan fingerprint density at radius 3 is 2.50 bits per heavy atom. The quantitative estimate of drug-likeness (QED) is 0.810. The number of carbonyl (C=O) groups excluding carboxylic acids is 2. The Bertz CT molecular complexity index is 875. The smallest absolute Gasteiger partial charge is 0.251 e. The first-order valence-electron chi connectivity index (χ1n) is 9.20. The molecule has 0 aliphatic carbocycles. The van der Waals surface area contributed by atoms with Gasteiger partial charge in [-0.2, -0.15) is 0 Å². The van der Waals surface area contributed by atoms with E-state index in [0.29, 0.717) is 31.1 Å². The van der Waals surface area contributed by atoms with Crippen molar-refractivity contribution < 1.29 is 19.1 Å². The Labute approximate surface area is 164 Å². The third kappa shape index (κ3) is 4.91. The molecule has 0 aromatic heterocycles. The lowest BCUT2D eigenvalue weighted by atomic mass is 10.1. The zero-order valence-corrected chi connectivity index (χ0v) is 16.1. The van der Waals surface area contributed by atoms with Crippen molar-refractivity contribution in [3.8, 4) is 11.5 Å². The third-order valence-corrected chi connectivity index (χ3v) is 4.43. The maximum Gasteiger partial charge on any atom is 0.251 e. The van der Waals surface area contributed by atoms with Crippen LogP contribution in [-0.2, 0) is 11.3 Å². The van der Waals surface area contributed by atoms with Gasteiger partial charge in [0.05, 0.1) is 13.2 Å². The molecule has 1 aliphatic rings. The van der Waals surface area contributed by atoms with Crippen LogP contribution in [-0.4, -0.2) is 44.0 Å².